The fourth-order valence-electron chi connectivity index (χ4n) is 10.7. The Hall–Kier alpha value is -4.95. The zero-order valence-corrected chi connectivity index (χ0v) is 51.2. The Balaban J connectivity index is 0.000000195. The molecule has 4 aliphatic rings. The lowest BCUT2D eigenvalue weighted by molar-refractivity contribution is -0.119. The molecule has 6 aromatic rings. The zero-order chi connectivity index (χ0) is 56.1. The SMILES string of the molecule is CC(C)CCCC(=O)Cc1sc2c(c1-c1nc3cc(C(=O)N4CCN(C)CC4)ccc3s1)CCN(C(=O)OC(C)(C)C)C2.CC(C)CCCC(=O)Cc1sc2c(c1-c1nc3cc(C(=O)N4CCN(C)CC4)ccc3s1)CCNC2. The summed E-state index contributed by atoms with van der Waals surface area (Å²) in [4.78, 5) is 90.1. The third kappa shape index (κ3) is 14.8. The first-order valence-corrected chi connectivity index (χ1v) is 31.8. The normalized spacial score (nSPS) is 16.4. The van der Waals surface area contributed by atoms with E-state index in [9.17, 15) is 24.0 Å². The number of ketones is 2. The Morgan fingerprint density at radius 2 is 1.08 bits per heavy atom. The molecule has 0 aliphatic carbocycles. The Kier molecular flexibility index (Phi) is 19.2. The summed E-state index contributed by atoms with van der Waals surface area (Å²) in [5.74, 6) is 1.91. The molecular weight excluding hydrogens is 1070 g/mol. The van der Waals surface area contributed by atoms with Crippen LogP contribution in [-0.4, -0.2) is 149 Å². The van der Waals surface area contributed by atoms with Gasteiger partial charge >= 0.3 is 6.09 Å². The molecule has 8 heterocycles. The summed E-state index contributed by atoms with van der Waals surface area (Å²) in [6, 6.07) is 11.8. The quantitative estimate of drug-likeness (QED) is 0.0987. The van der Waals surface area contributed by atoms with E-state index in [2.05, 4.69) is 56.9 Å². The Morgan fingerprint density at radius 3 is 1.54 bits per heavy atom. The van der Waals surface area contributed by atoms with Crippen molar-refractivity contribution >= 4 is 95.3 Å². The molecular formula is C61H80N8O6S4. The molecule has 0 radical (unpaired) electrons. The summed E-state index contributed by atoms with van der Waals surface area (Å²) < 4.78 is 7.76. The number of rotatable bonds is 16. The third-order valence-corrected chi connectivity index (χ3v) is 19.8. The average molecular weight is 1150 g/mol. The van der Waals surface area contributed by atoms with Crippen molar-refractivity contribution in [2.75, 3.05) is 79.5 Å². The fraction of sp³-hybridized carbons (Fsp3) is 0.557. The molecule has 1 N–H and O–H groups in total. The minimum Gasteiger partial charge on any atom is -0.444 e. The molecule has 4 aliphatic heterocycles. The summed E-state index contributed by atoms with van der Waals surface area (Å²) >= 11 is 6.70. The van der Waals surface area contributed by atoms with Gasteiger partial charge in [0.05, 0.1) is 27.0 Å². The predicted octanol–water partition coefficient (Wildman–Crippen LogP) is 11.6. The van der Waals surface area contributed by atoms with Crippen molar-refractivity contribution in [2.45, 2.75) is 131 Å². The van der Waals surface area contributed by atoms with Crippen molar-refractivity contribution in [3.05, 3.63) is 78.2 Å². The molecule has 0 spiro atoms. The molecule has 0 unspecified atom stereocenters. The van der Waals surface area contributed by atoms with Crippen LogP contribution in [0, 0.1) is 11.8 Å². The van der Waals surface area contributed by atoms with E-state index in [4.69, 9.17) is 14.7 Å². The molecule has 18 heteroatoms. The van der Waals surface area contributed by atoms with Crippen molar-refractivity contribution in [1.29, 1.82) is 0 Å². The number of benzene rings is 2. The van der Waals surface area contributed by atoms with Crippen LogP contribution in [0.5, 0.6) is 0 Å². The van der Waals surface area contributed by atoms with Gasteiger partial charge in [-0.25, -0.2) is 14.8 Å². The van der Waals surface area contributed by atoms with Gasteiger partial charge in [-0.1, -0.05) is 40.5 Å². The highest BCUT2D eigenvalue weighted by molar-refractivity contribution is 7.22. The van der Waals surface area contributed by atoms with E-state index >= 15 is 0 Å². The first kappa shape index (κ1) is 58.7. The van der Waals surface area contributed by atoms with Crippen LogP contribution in [0.15, 0.2) is 36.4 Å². The Bertz CT molecular complexity index is 3170. The highest BCUT2D eigenvalue weighted by atomic mass is 32.1. The molecule has 2 fully saturated rings. The van der Waals surface area contributed by atoms with Gasteiger partial charge in [-0.05, 0) is 126 Å². The number of nitrogens with zero attached hydrogens (tertiary/aromatic N) is 7. The summed E-state index contributed by atoms with van der Waals surface area (Å²) in [5, 5.41) is 5.34. The van der Waals surface area contributed by atoms with Crippen LogP contribution in [0.25, 0.3) is 41.6 Å². The van der Waals surface area contributed by atoms with E-state index in [1.807, 2.05) is 67.0 Å². The van der Waals surface area contributed by atoms with Gasteiger partial charge < -0.3 is 34.6 Å². The first-order valence-electron chi connectivity index (χ1n) is 28.5. The molecule has 79 heavy (non-hydrogen) atoms. The van der Waals surface area contributed by atoms with Crippen molar-refractivity contribution in [3.8, 4) is 21.1 Å². The number of aromatic nitrogens is 2. The van der Waals surface area contributed by atoms with Crippen molar-refractivity contribution in [1.82, 2.24) is 39.8 Å². The average Bonchev–Trinajstić information content (AvgIpc) is 4.39. The molecule has 14 nitrogen and oxygen atoms in total. The van der Waals surface area contributed by atoms with Gasteiger partial charge in [0.2, 0.25) is 0 Å². The van der Waals surface area contributed by atoms with Crippen LogP contribution >= 0.6 is 45.3 Å². The second-order valence-electron chi connectivity index (χ2n) is 23.8. The van der Waals surface area contributed by atoms with Crippen LogP contribution in [0.2, 0.25) is 0 Å². The van der Waals surface area contributed by atoms with Crippen molar-refractivity contribution in [3.63, 3.8) is 0 Å². The highest BCUT2D eigenvalue weighted by Gasteiger charge is 2.33. The van der Waals surface area contributed by atoms with Gasteiger partial charge in [-0.15, -0.1) is 45.3 Å². The lowest BCUT2D eigenvalue weighted by atomic mass is 9.99. The van der Waals surface area contributed by atoms with Crippen LogP contribution in [0.3, 0.4) is 0 Å². The van der Waals surface area contributed by atoms with Crippen molar-refractivity contribution < 1.29 is 28.7 Å². The van der Waals surface area contributed by atoms with E-state index < -0.39 is 5.60 Å². The number of amides is 3. The molecule has 10 rings (SSSR count). The van der Waals surface area contributed by atoms with Gasteiger partial charge in [-0.3, -0.25) is 19.2 Å². The smallest absolute Gasteiger partial charge is 0.410 e. The largest absolute Gasteiger partial charge is 0.444 e. The number of thiophene rings is 2. The van der Waals surface area contributed by atoms with Gasteiger partial charge in [0.1, 0.15) is 27.2 Å². The maximum absolute atomic E-state index is 13.3. The van der Waals surface area contributed by atoms with Gasteiger partial charge in [0, 0.05) is 133 Å². The number of fused-ring (bicyclic) bond motifs is 4. The number of piperazine rings is 2. The maximum Gasteiger partial charge on any atom is 0.410 e. The lowest BCUT2D eigenvalue weighted by Crippen LogP contribution is -2.47. The van der Waals surface area contributed by atoms with E-state index in [0.717, 1.165) is 148 Å². The number of hydrogen-bond acceptors (Lipinski definition) is 15. The third-order valence-electron chi connectivity index (χ3n) is 15.2. The number of nitrogens with one attached hydrogen (secondary N) is 1. The Morgan fingerprint density at radius 1 is 0.608 bits per heavy atom. The van der Waals surface area contributed by atoms with Crippen LogP contribution in [-0.2, 0) is 53.1 Å². The minimum atomic E-state index is -0.558. The minimum absolute atomic E-state index is 0.0485. The van der Waals surface area contributed by atoms with E-state index in [1.165, 1.54) is 21.6 Å². The molecule has 0 atom stereocenters. The van der Waals surface area contributed by atoms with Crippen LogP contribution < -0.4 is 5.32 Å². The van der Waals surface area contributed by atoms with Crippen LogP contribution in [0.4, 0.5) is 4.79 Å². The predicted molar refractivity (Wildman–Crippen MR) is 323 cm³/mol. The van der Waals surface area contributed by atoms with Crippen LogP contribution in [0.1, 0.15) is 138 Å². The van der Waals surface area contributed by atoms with Gasteiger partial charge in [0.15, 0.2) is 0 Å². The second kappa shape index (κ2) is 25.9. The molecule has 2 saturated heterocycles. The molecule has 0 bridgehead atoms. The number of carbonyl (C=O) groups excluding carboxylic acids is 5. The number of thiazole rings is 2. The number of Topliss-reactive ketones (excluding diaryl/α,β-unsaturated/α-hetero) is 2. The summed E-state index contributed by atoms with van der Waals surface area (Å²) in [7, 11) is 4.17. The first-order chi connectivity index (χ1) is 37.8. The van der Waals surface area contributed by atoms with E-state index in [0.29, 0.717) is 73.9 Å². The second-order valence-corrected chi connectivity index (χ2v) is 28.2. The summed E-state index contributed by atoms with van der Waals surface area (Å²) in [5.41, 5.74) is 7.27. The van der Waals surface area contributed by atoms with Crippen molar-refractivity contribution in [2.24, 2.45) is 11.8 Å². The highest BCUT2D eigenvalue weighted by Crippen LogP contribution is 2.45. The molecule has 4 aromatic heterocycles. The summed E-state index contributed by atoms with van der Waals surface area (Å²) in [6.45, 7) is 23.8. The fourth-order valence-corrected chi connectivity index (χ4v) is 15.7. The maximum atomic E-state index is 13.3. The van der Waals surface area contributed by atoms with Gasteiger partial charge in [-0.2, -0.15) is 0 Å². The number of carbonyl (C=O) groups is 5. The van der Waals surface area contributed by atoms with E-state index in [-0.39, 0.29) is 23.7 Å². The number of hydrogen-bond donors (Lipinski definition) is 1. The molecule has 3 amide bonds. The van der Waals surface area contributed by atoms with Gasteiger partial charge in [0.25, 0.3) is 11.8 Å². The molecule has 424 valence electrons. The number of likely N-dealkylation sites (N-methyl/N-ethyl adjacent to an activating group) is 2. The lowest BCUT2D eigenvalue weighted by Gasteiger charge is -2.32. The Labute approximate surface area is 482 Å². The zero-order valence-electron chi connectivity index (χ0n) is 47.9. The standard InChI is InChI=1S/C33H44N4O4S2.C28H36N4O2S2/c1-21(2)8-7-9-23(38)19-27-29(24-12-13-37(20-28(24)42-27)32(40)41-33(3,4)5)30-34-25-18-22(10-11-26(25)43-30)31(39)36-16-14-35(6)15-17-36;1-18(2)5-4-6-20(33)16-24-26(21-9-10-29-17-25(21)35-24)27-30-22-15-19(7-8-23(22)36-27)28(34)32-13-11-31(3)12-14-32/h10-11,18,21H,7-9,12-17,19-20H2,1-6H3;7-8,15,18,29H,4-6,9-14,16-17H2,1-3H3. The summed E-state index contributed by atoms with van der Waals surface area (Å²) in [6.07, 6.45) is 7.42. The topological polar surface area (TPSA) is 149 Å². The number of ether oxygens (including phenoxy) is 1. The van der Waals surface area contributed by atoms with E-state index in [1.54, 1.807) is 50.2 Å². The molecule has 0 saturated carbocycles. The monoisotopic (exact) mass is 1150 g/mol. The molecule has 2 aromatic carbocycles.